The molecular formula is C11H16N2S. The fraction of sp³-hybridized carbons (Fsp3) is 0.455. The summed E-state index contributed by atoms with van der Waals surface area (Å²) in [5.74, 6) is 0. The smallest absolute Gasteiger partial charge is 0.121 e. The lowest BCUT2D eigenvalue weighted by molar-refractivity contribution is 1.01. The van der Waals surface area contributed by atoms with Gasteiger partial charge in [-0.2, -0.15) is 5.26 Å². The summed E-state index contributed by atoms with van der Waals surface area (Å²) in [6.07, 6.45) is 0.913. The van der Waals surface area contributed by atoms with E-state index in [0.29, 0.717) is 10.2 Å². The normalized spacial score (nSPS) is 8.50. The van der Waals surface area contributed by atoms with E-state index in [9.17, 15) is 0 Å². The molecule has 0 saturated heterocycles. The van der Waals surface area contributed by atoms with Crippen LogP contribution in [0, 0.1) is 22.9 Å². The predicted molar refractivity (Wildman–Crippen MR) is 61.8 cm³/mol. The molecule has 0 fully saturated rings. The van der Waals surface area contributed by atoms with Crippen LogP contribution in [0.1, 0.15) is 37.6 Å². The zero-order chi connectivity index (χ0) is 11.1. The molecule has 0 aliphatic heterocycles. The summed E-state index contributed by atoms with van der Waals surface area (Å²) >= 11 is 5.01. The molecule has 1 rings (SSSR count). The first-order valence-electron chi connectivity index (χ1n) is 4.82. The minimum absolute atomic E-state index is 0.550. The van der Waals surface area contributed by atoms with Crippen molar-refractivity contribution in [2.75, 3.05) is 0 Å². The maximum atomic E-state index is 8.73. The molecule has 3 heteroatoms. The second kappa shape index (κ2) is 6.33. The molecule has 0 amide bonds. The van der Waals surface area contributed by atoms with Gasteiger partial charge in [0.1, 0.15) is 10.7 Å². The molecule has 14 heavy (non-hydrogen) atoms. The molecule has 0 saturated carbocycles. The van der Waals surface area contributed by atoms with Crippen LogP contribution >= 0.6 is 12.2 Å². The quantitative estimate of drug-likeness (QED) is 0.717. The number of H-pyrrole nitrogens is 1. The minimum atomic E-state index is 0.550. The van der Waals surface area contributed by atoms with Crippen molar-refractivity contribution in [3.63, 3.8) is 0 Å². The predicted octanol–water partition coefficient (Wildman–Crippen LogP) is 3.51. The Hall–Kier alpha value is -1.14. The number of nitrogens with one attached hydrogen (secondary N) is 1. The third-order valence-electron chi connectivity index (χ3n) is 1.78. The number of hydrogen-bond donors (Lipinski definition) is 1. The number of nitrogens with zero attached hydrogens (tertiary/aromatic N) is 1. The molecule has 1 aromatic rings. The van der Waals surface area contributed by atoms with E-state index in [4.69, 9.17) is 17.5 Å². The van der Waals surface area contributed by atoms with Crippen molar-refractivity contribution in [2.24, 2.45) is 0 Å². The van der Waals surface area contributed by atoms with Crippen molar-refractivity contribution in [1.29, 1.82) is 5.26 Å². The summed E-state index contributed by atoms with van der Waals surface area (Å²) < 4.78 is 0.550. The molecule has 0 aromatic carbocycles. The van der Waals surface area contributed by atoms with E-state index < -0.39 is 0 Å². The van der Waals surface area contributed by atoms with Crippen LogP contribution in [0.5, 0.6) is 0 Å². The number of aromatic amines is 1. The largest absolute Gasteiger partial charge is 0.349 e. The minimum Gasteiger partial charge on any atom is -0.349 e. The van der Waals surface area contributed by atoms with Crippen LogP contribution in [0.25, 0.3) is 0 Å². The van der Waals surface area contributed by atoms with E-state index in [1.165, 1.54) is 0 Å². The molecule has 2 nitrogen and oxygen atoms in total. The molecule has 1 aromatic heterocycles. The highest BCUT2D eigenvalue weighted by molar-refractivity contribution is 7.71. The van der Waals surface area contributed by atoms with E-state index in [2.05, 4.69) is 11.1 Å². The van der Waals surface area contributed by atoms with Gasteiger partial charge >= 0.3 is 0 Å². The Morgan fingerprint density at radius 2 is 2.07 bits per heavy atom. The van der Waals surface area contributed by atoms with Gasteiger partial charge in [0.15, 0.2) is 0 Å². The number of nitriles is 1. The molecular weight excluding hydrogens is 192 g/mol. The summed E-state index contributed by atoms with van der Waals surface area (Å²) in [6, 6.07) is 4.05. The molecule has 1 N–H and O–H groups in total. The van der Waals surface area contributed by atoms with Gasteiger partial charge in [-0.1, -0.05) is 33.0 Å². The summed E-state index contributed by atoms with van der Waals surface area (Å²) in [4.78, 5) is 3.01. The lowest BCUT2D eigenvalue weighted by Crippen LogP contribution is -1.93. The fourth-order valence-corrected chi connectivity index (χ4v) is 1.42. The first-order chi connectivity index (χ1) is 6.69. The first kappa shape index (κ1) is 12.9. The van der Waals surface area contributed by atoms with Crippen LogP contribution < -0.4 is 0 Å². The number of rotatable bonds is 1. The van der Waals surface area contributed by atoms with Crippen LogP contribution in [-0.2, 0) is 6.42 Å². The Morgan fingerprint density at radius 3 is 2.43 bits per heavy atom. The Bertz CT molecular complexity index is 385. The third-order valence-corrected chi connectivity index (χ3v) is 2.09. The number of aryl methyl sites for hydroxylation is 2. The summed E-state index contributed by atoms with van der Waals surface area (Å²) in [5, 5.41) is 8.73. The Labute approximate surface area is 90.6 Å². The van der Waals surface area contributed by atoms with E-state index in [1.54, 1.807) is 0 Å². The zero-order valence-corrected chi connectivity index (χ0v) is 9.96. The summed E-state index contributed by atoms with van der Waals surface area (Å²) in [7, 11) is 0. The second-order valence-electron chi connectivity index (χ2n) is 2.65. The monoisotopic (exact) mass is 208 g/mol. The van der Waals surface area contributed by atoms with Crippen LogP contribution in [0.3, 0.4) is 0 Å². The zero-order valence-electron chi connectivity index (χ0n) is 9.14. The van der Waals surface area contributed by atoms with Crippen molar-refractivity contribution in [1.82, 2.24) is 4.98 Å². The van der Waals surface area contributed by atoms with E-state index in [1.807, 2.05) is 33.8 Å². The maximum Gasteiger partial charge on any atom is 0.121 e. The Balaban J connectivity index is 0.000000791. The summed E-state index contributed by atoms with van der Waals surface area (Å²) in [6.45, 7) is 7.95. The van der Waals surface area contributed by atoms with Crippen LogP contribution in [-0.4, -0.2) is 4.98 Å². The van der Waals surface area contributed by atoms with Crippen molar-refractivity contribution in [3.8, 4) is 6.07 Å². The number of hydrogen-bond acceptors (Lipinski definition) is 2. The van der Waals surface area contributed by atoms with Crippen LogP contribution in [0.2, 0.25) is 0 Å². The first-order valence-corrected chi connectivity index (χ1v) is 5.22. The van der Waals surface area contributed by atoms with Crippen molar-refractivity contribution < 1.29 is 0 Å². The van der Waals surface area contributed by atoms with Gasteiger partial charge < -0.3 is 4.98 Å². The van der Waals surface area contributed by atoms with Gasteiger partial charge in [-0.15, -0.1) is 0 Å². The third kappa shape index (κ3) is 2.97. The van der Waals surface area contributed by atoms with E-state index in [-0.39, 0.29) is 0 Å². The van der Waals surface area contributed by atoms with Gasteiger partial charge in [-0.05, 0) is 25.0 Å². The number of aromatic nitrogens is 1. The van der Waals surface area contributed by atoms with E-state index in [0.717, 1.165) is 17.7 Å². The molecule has 0 spiro atoms. The lowest BCUT2D eigenvalue weighted by atomic mass is 10.1. The lowest BCUT2D eigenvalue weighted by Gasteiger charge is -2.01. The topological polar surface area (TPSA) is 39.6 Å². The highest BCUT2D eigenvalue weighted by Gasteiger charge is 2.00. The average Bonchev–Trinajstić information content (AvgIpc) is 2.20. The molecule has 0 radical (unpaired) electrons. The van der Waals surface area contributed by atoms with Crippen LogP contribution in [0.15, 0.2) is 6.07 Å². The van der Waals surface area contributed by atoms with Gasteiger partial charge in [0.2, 0.25) is 0 Å². The van der Waals surface area contributed by atoms with Crippen molar-refractivity contribution in [2.45, 2.75) is 34.1 Å². The Kier molecular flexibility index (Phi) is 5.82. The van der Waals surface area contributed by atoms with Gasteiger partial charge in [-0.3, -0.25) is 0 Å². The van der Waals surface area contributed by atoms with Gasteiger partial charge in [0.05, 0.1) is 5.56 Å². The molecule has 0 aliphatic carbocycles. The van der Waals surface area contributed by atoms with E-state index >= 15 is 0 Å². The average molecular weight is 208 g/mol. The van der Waals surface area contributed by atoms with Crippen molar-refractivity contribution >= 4 is 12.2 Å². The Morgan fingerprint density at radius 1 is 1.50 bits per heavy atom. The second-order valence-corrected chi connectivity index (χ2v) is 3.06. The SMILES string of the molecule is CC.CCc1cc(C)c(C#N)c(=S)[nH]1. The highest BCUT2D eigenvalue weighted by atomic mass is 32.1. The standard InChI is InChI=1S/C9H10N2S.C2H6/c1-3-7-4-6(2)8(5-10)9(12)11-7;1-2/h4H,3H2,1-2H3,(H,11,12);1-2H3. The number of pyridine rings is 1. The van der Waals surface area contributed by atoms with Gasteiger partial charge in [-0.25, -0.2) is 0 Å². The van der Waals surface area contributed by atoms with Crippen LogP contribution in [0.4, 0.5) is 0 Å². The highest BCUT2D eigenvalue weighted by Crippen LogP contribution is 2.09. The molecule has 0 aliphatic rings. The maximum absolute atomic E-state index is 8.73. The molecule has 1 heterocycles. The van der Waals surface area contributed by atoms with Gasteiger partial charge in [0, 0.05) is 5.69 Å². The summed E-state index contributed by atoms with van der Waals surface area (Å²) in [5.41, 5.74) is 2.62. The van der Waals surface area contributed by atoms with Crippen molar-refractivity contribution in [3.05, 3.63) is 27.5 Å². The molecule has 0 bridgehead atoms. The molecule has 0 unspecified atom stereocenters. The molecule has 0 atom stereocenters. The fourth-order valence-electron chi connectivity index (χ4n) is 1.09. The van der Waals surface area contributed by atoms with Gasteiger partial charge in [0.25, 0.3) is 0 Å². The molecule has 76 valence electrons.